The van der Waals surface area contributed by atoms with E-state index < -0.39 is 23.4 Å². The van der Waals surface area contributed by atoms with Crippen molar-refractivity contribution < 1.29 is 9.90 Å². The van der Waals surface area contributed by atoms with Crippen molar-refractivity contribution in [2.75, 3.05) is 51.2 Å². The van der Waals surface area contributed by atoms with Gasteiger partial charge >= 0.3 is 5.69 Å². The molecule has 2 aliphatic rings. The minimum absolute atomic E-state index is 0.0761. The number of nitrogens with one attached hydrogen (secondary N) is 1. The number of anilines is 1. The smallest absolute Gasteiger partial charge is 0.328 e. The lowest BCUT2D eigenvalue weighted by Crippen LogP contribution is -2.44. The molecule has 2 fully saturated rings. The van der Waals surface area contributed by atoms with Crippen LogP contribution in [0.15, 0.2) is 40.1 Å². The summed E-state index contributed by atoms with van der Waals surface area (Å²) in [5, 5.41) is 10.7. The molecule has 172 valence electrons. The van der Waals surface area contributed by atoms with Gasteiger partial charge in [-0.15, -0.1) is 0 Å². The average molecular weight is 442 g/mol. The number of hydrogen-bond donors (Lipinski definition) is 2. The summed E-state index contributed by atoms with van der Waals surface area (Å²) < 4.78 is 1.39. The van der Waals surface area contributed by atoms with Crippen molar-refractivity contribution in [3.05, 3.63) is 62.4 Å². The Morgan fingerprint density at radius 2 is 1.66 bits per heavy atom. The highest BCUT2D eigenvalue weighted by Crippen LogP contribution is 2.24. The second kappa shape index (κ2) is 9.30. The molecule has 2 aromatic rings. The van der Waals surface area contributed by atoms with Gasteiger partial charge in [-0.2, -0.15) is 0 Å². The van der Waals surface area contributed by atoms with E-state index >= 15 is 0 Å². The van der Waals surface area contributed by atoms with Crippen LogP contribution in [0.4, 0.5) is 5.69 Å². The maximum atomic E-state index is 13.1. The van der Waals surface area contributed by atoms with Crippen LogP contribution in [0.25, 0.3) is 0 Å². The fourth-order valence-corrected chi connectivity index (χ4v) is 4.49. The molecular formula is C23H31N5O4. The van der Waals surface area contributed by atoms with E-state index in [1.807, 2.05) is 24.3 Å². The number of rotatable bonds is 3. The van der Waals surface area contributed by atoms with Crippen LogP contribution in [0.5, 0.6) is 0 Å². The Balaban J connectivity index is 1.45. The normalized spacial score (nSPS) is 22.6. The summed E-state index contributed by atoms with van der Waals surface area (Å²) in [6.45, 7) is 6.45. The van der Waals surface area contributed by atoms with Crippen LogP contribution in [0.2, 0.25) is 0 Å². The third-order valence-electron chi connectivity index (χ3n) is 6.61. The summed E-state index contributed by atoms with van der Waals surface area (Å²) >= 11 is 0. The van der Waals surface area contributed by atoms with E-state index in [9.17, 15) is 19.5 Å². The second-order valence-corrected chi connectivity index (χ2v) is 8.82. The fourth-order valence-electron chi connectivity index (χ4n) is 4.49. The predicted molar refractivity (Wildman–Crippen MR) is 122 cm³/mol. The van der Waals surface area contributed by atoms with Crippen LogP contribution < -0.4 is 16.1 Å². The highest BCUT2D eigenvalue weighted by Gasteiger charge is 2.29. The fraction of sp³-hybridized carbons (Fsp3) is 0.522. The Kier molecular flexibility index (Phi) is 6.48. The summed E-state index contributed by atoms with van der Waals surface area (Å²) in [6.07, 6.45) is 1.50. The first kappa shape index (κ1) is 22.3. The van der Waals surface area contributed by atoms with E-state index in [2.05, 4.69) is 21.8 Å². The van der Waals surface area contributed by atoms with Gasteiger partial charge in [0.15, 0.2) is 0 Å². The van der Waals surface area contributed by atoms with Crippen molar-refractivity contribution in [1.29, 1.82) is 0 Å². The summed E-state index contributed by atoms with van der Waals surface area (Å²) in [5.74, 6) is -0.0761. The van der Waals surface area contributed by atoms with Crippen molar-refractivity contribution in [2.45, 2.75) is 31.9 Å². The number of aliphatic hydroxyl groups is 1. The number of hydrogen-bond acceptors (Lipinski definition) is 6. The summed E-state index contributed by atoms with van der Waals surface area (Å²) in [7, 11) is 2.12. The van der Waals surface area contributed by atoms with Gasteiger partial charge < -0.3 is 19.8 Å². The maximum absolute atomic E-state index is 13.1. The number of likely N-dealkylation sites (N-methyl/N-ethyl adjacent to an activating group) is 1. The van der Waals surface area contributed by atoms with Gasteiger partial charge in [-0.1, -0.05) is 0 Å². The van der Waals surface area contributed by atoms with Crippen LogP contribution in [0, 0.1) is 6.92 Å². The number of aromatic nitrogens is 2. The minimum atomic E-state index is -0.782. The first-order valence-corrected chi connectivity index (χ1v) is 11.2. The van der Waals surface area contributed by atoms with E-state index in [4.69, 9.17) is 0 Å². The minimum Gasteiger partial charge on any atom is -0.391 e. The molecule has 2 N–H and O–H groups in total. The highest BCUT2D eigenvalue weighted by atomic mass is 16.3. The summed E-state index contributed by atoms with van der Waals surface area (Å²) in [5.41, 5.74) is 1.19. The first-order valence-electron chi connectivity index (χ1n) is 11.2. The first-order chi connectivity index (χ1) is 15.3. The summed E-state index contributed by atoms with van der Waals surface area (Å²) in [6, 6.07) is 7.23. The molecule has 4 rings (SSSR count). The van der Waals surface area contributed by atoms with Gasteiger partial charge in [-0.05, 0) is 51.1 Å². The maximum Gasteiger partial charge on any atom is 0.328 e. The molecule has 9 heteroatoms. The number of aryl methyl sites for hydroxylation is 1. The Bertz CT molecular complexity index is 1070. The summed E-state index contributed by atoms with van der Waals surface area (Å²) in [4.78, 5) is 45.7. The third-order valence-corrected chi connectivity index (χ3v) is 6.61. The number of piperazine rings is 1. The van der Waals surface area contributed by atoms with Crippen molar-refractivity contribution in [2.24, 2.45) is 0 Å². The predicted octanol–water partition coefficient (Wildman–Crippen LogP) is 0.435. The van der Waals surface area contributed by atoms with E-state index in [1.165, 1.54) is 10.8 Å². The number of likely N-dealkylation sites (tertiary alicyclic amines) is 1. The SMILES string of the molecule is Cc1cn([C@H]2CCN(C(=O)c3ccc(N4CCN(C)CC4)cc3)CC[C@@H]2O)c(=O)[nH]c1=O. The Hall–Kier alpha value is -2.91. The van der Waals surface area contributed by atoms with Crippen molar-refractivity contribution in [3.8, 4) is 0 Å². The van der Waals surface area contributed by atoms with Gasteiger partial charge in [-0.25, -0.2) is 4.79 Å². The lowest BCUT2D eigenvalue weighted by atomic mass is 10.1. The van der Waals surface area contributed by atoms with Crippen LogP contribution >= 0.6 is 0 Å². The van der Waals surface area contributed by atoms with E-state index in [-0.39, 0.29) is 5.91 Å². The van der Waals surface area contributed by atoms with Crippen LogP contribution in [0.3, 0.4) is 0 Å². The quantitative estimate of drug-likeness (QED) is 0.717. The van der Waals surface area contributed by atoms with Gasteiger partial charge in [0, 0.05) is 62.3 Å². The molecule has 0 spiro atoms. The standard InChI is InChI=1S/C23H31N5O4/c1-16-15-28(23(32)24-21(16)30)19-7-9-27(10-8-20(19)29)22(31)17-3-5-18(6-4-17)26-13-11-25(2)12-14-26/h3-6,15,19-20,29H,7-14H2,1-2H3,(H,24,30,32)/t19-,20-/m0/s1. The number of amides is 1. The Labute approximate surface area is 186 Å². The monoisotopic (exact) mass is 441 g/mol. The largest absolute Gasteiger partial charge is 0.391 e. The molecule has 2 saturated heterocycles. The molecule has 0 aliphatic carbocycles. The zero-order chi connectivity index (χ0) is 22.8. The number of nitrogens with zero attached hydrogens (tertiary/aromatic N) is 4. The van der Waals surface area contributed by atoms with Crippen molar-refractivity contribution in [3.63, 3.8) is 0 Å². The molecule has 2 aliphatic heterocycles. The van der Waals surface area contributed by atoms with Crippen LogP contribution in [0.1, 0.15) is 34.8 Å². The topological polar surface area (TPSA) is 102 Å². The lowest BCUT2D eigenvalue weighted by Gasteiger charge is -2.34. The zero-order valence-corrected chi connectivity index (χ0v) is 18.7. The molecule has 1 amide bonds. The molecule has 0 saturated carbocycles. The number of carbonyl (C=O) groups excluding carboxylic acids is 1. The van der Waals surface area contributed by atoms with Crippen LogP contribution in [-0.2, 0) is 0 Å². The molecule has 1 aromatic carbocycles. The second-order valence-electron chi connectivity index (χ2n) is 8.82. The van der Waals surface area contributed by atoms with Gasteiger partial charge in [0.2, 0.25) is 0 Å². The van der Waals surface area contributed by atoms with Crippen molar-refractivity contribution >= 4 is 11.6 Å². The van der Waals surface area contributed by atoms with Gasteiger partial charge in [-0.3, -0.25) is 19.1 Å². The van der Waals surface area contributed by atoms with Gasteiger partial charge in [0.1, 0.15) is 0 Å². The number of aromatic amines is 1. The highest BCUT2D eigenvalue weighted by molar-refractivity contribution is 5.94. The molecule has 2 atom stereocenters. The molecule has 0 bridgehead atoms. The molecule has 1 aromatic heterocycles. The average Bonchev–Trinajstić information content (AvgIpc) is 2.98. The Morgan fingerprint density at radius 3 is 2.34 bits per heavy atom. The molecular weight excluding hydrogens is 410 g/mol. The molecule has 32 heavy (non-hydrogen) atoms. The molecule has 3 heterocycles. The third kappa shape index (κ3) is 4.63. The van der Waals surface area contributed by atoms with E-state index in [1.54, 1.807) is 11.8 Å². The molecule has 9 nitrogen and oxygen atoms in total. The lowest BCUT2D eigenvalue weighted by molar-refractivity contribution is 0.0751. The van der Waals surface area contributed by atoms with Gasteiger partial charge in [0.25, 0.3) is 11.5 Å². The molecule has 0 unspecified atom stereocenters. The zero-order valence-electron chi connectivity index (χ0n) is 18.7. The number of benzene rings is 1. The van der Waals surface area contributed by atoms with Crippen molar-refractivity contribution in [1.82, 2.24) is 19.4 Å². The van der Waals surface area contributed by atoms with Crippen LogP contribution in [-0.4, -0.2) is 82.8 Å². The van der Waals surface area contributed by atoms with E-state index in [0.29, 0.717) is 37.1 Å². The molecule has 0 radical (unpaired) electrons. The van der Waals surface area contributed by atoms with Gasteiger partial charge in [0.05, 0.1) is 12.1 Å². The number of aliphatic hydroxyl groups excluding tert-OH is 1. The number of carbonyl (C=O) groups is 1. The van der Waals surface area contributed by atoms with E-state index in [0.717, 1.165) is 31.9 Å². The number of H-pyrrole nitrogens is 1. The Morgan fingerprint density at radius 1 is 1.00 bits per heavy atom.